The molecule has 0 spiro atoms. The van der Waals surface area contributed by atoms with Crippen molar-refractivity contribution >= 4 is 17.5 Å². The number of nitrogens with zero attached hydrogens (tertiary/aromatic N) is 1. The molecular weight excluding hydrogens is 264 g/mol. The quantitative estimate of drug-likeness (QED) is 0.926. The lowest BCUT2D eigenvalue weighted by molar-refractivity contribution is -0.131. The molecule has 1 aromatic carbocycles. The Morgan fingerprint density at radius 3 is 2.57 bits per heavy atom. The van der Waals surface area contributed by atoms with Crippen molar-refractivity contribution in [2.75, 3.05) is 11.4 Å². The molecule has 0 radical (unpaired) electrons. The first-order valence-corrected chi connectivity index (χ1v) is 7.59. The van der Waals surface area contributed by atoms with E-state index in [4.69, 9.17) is 0 Å². The highest BCUT2D eigenvalue weighted by Crippen LogP contribution is 2.24. The van der Waals surface area contributed by atoms with E-state index in [-0.39, 0.29) is 18.4 Å². The number of benzene rings is 1. The summed E-state index contributed by atoms with van der Waals surface area (Å²) in [5, 5.41) is 2.80. The van der Waals surface area contributed by atoms with E-state index in [2.05, 4.69) is 33.0 Å². The van der Waals surface area contributed by atoms with Crippen LogP contribution in [0, 0.1) is 5.92 Å². The molecule has 1 aliphatic heterocycles. The maximum atomic E-state index is 12.6. The fourth-order valence-electron chi connectivity index (χ4n) is 2.61. The molecule has 1 aromatic rings. The minimum atomic E-state index is -0.408. The zero-order valence-corrected chi connectivity index (χ0v) is 13.2. The van der Waals surface area contributed by atoms with Crippen LogP contribution in [0.15, 0.2) is 24.3 Å². The smallest absolute Gasteiger partial charge is 0.250 e. The lowest BCUT2D eigenvalue weighted by atomic mass is 9.99. The summed E-state index contributed by atoms with van der Waals surface area (Å²) >= 11 is 0. The van der Waals surface area contributed by atoms with Gasteiger partial charge in [-0.15, -0.1) is 0 Å². The van der Waals surface area contributed by atoms with Crippen LogP contribution in [0.3, 0.4) is 0 Å². The number of nitrogens with one attached hydrogen (secondary N) is 1. The molecule has 21 heavy (non-hydrogen) atoms. The Morgan fingerprint density at radius 2 is 1.95 bits per heavy atom. The van der Waals surface area contributed by atoms with Crippen molar-refractivity contribution in [2.24, 2.45) is 5.92 Å². The number of hydrogen-bond donors (Lipinski definition) is 1. The molecule has 1 fully saturated rings. The third-order valence-corrected chi connectivity index (χ3v) is 3.76. The van der Waals surface area contributed by atoms with E-state index in [0.29, 0.717) is 18.3 Å². The average molecular weight is 288 g/mol. The van der Waals surface area contributed by atoms with Gasteiger partial charge in [-0.3, -0.25) is 9.59 Å². The molecular formula is C17H24N2O2. The van der Waals surface area contributed by atoms with E-state index in [1.54, 1.807) is 4.90 Å². The van der Waals surface area contributed by atoms with E-state index < -0.39 is 6.04 Å². The van der Waals surface area contributed by atoms with Crippen LogP contribution in [0.4, 0.5) is 5.69 Å². The van der Waals surface area contributed by atoms with Gasteiger partial charge in [-0.05, 0) is 36.0 Å². The summed E-state index contributed by atoms with van der Waals surface area (Å²) in [6, 6.07) is 7.49. The standard InChI is InChI=1S/C17H24N2O2/c1-11(2)8-15-17(21)19(10-16(20)18-15)14-7-5-6-13(9-14)12(3)4/h5-7,9,11-12,15H,8,10H2,1-4H3,(H,18,20). The van der Waals surface area contributed by atoms with Crippen LogP contribution in [0.25, 0.3) is 0 Å². The lowest BCUT2D eigenvalue weighted by Crippen LogP contribution is -2.58. The van der Waals surface area contributed by atoms with Gasteiger partial charge in [-0.2, -0.15) is 0 Å². The minimum absolute atomic E-state index is 0.00999. The highest BCUT2D eigenvalue weighted by atomic mass is 16.2. The maximum Gasteiger partial charge on any atom is 0.250 e. The Labute approximate surface area is 126 Å². The predicted octanol–water partition coefficient (Wildman–Crippen LogP) is 2.69. The first-order valence-electron chi connectivity index (χ1n) is 7.59. The maximum absolute atomic E-state index is 12.6. The molecule has 114 valence electrons. The van der Waals surface area contributed by atoms with Crippen LogP contribution in [-0.2, 0) is 9.59 Å². The van der Waals surface area contributed by atoms with Crippen LogP contribution >= 0.6 is 0 Å². The number of anilines is 1. The highest BCUT2D eigenvalue weighted by Gasteiger charge is 2.33. The van der Waals surface area contributed by atoms with E-state index >= 15 is 0 Å². The van der Waals surface area contributed by atoms with Crippen LogP contribution in [-0.4, -0.2) is 24.4 Å². The van der Waals surface area contributed by atoms with Gasteiger partial charge in [-0.1, -0.05) is 39.8 Å². The largest absolute Gasteiger partial charge is 0.343 e. The molecule has 4 heteroatoms. The molecule has 1 heterocycles. The highest BCUT2D eigenvalue weighted by molar-refractivity contribution is 6.06. The molecule has 1 saturated heterocycles. The molecule has 4 nitrogen and oxygen atoms in total. The third-order valence-electron chi connectivity index (χ3n) is 3.76. The van der Waals surface area contributed by atoms with Crippen molar-refractivity contribution < 1.29 is 9.59 Å². The van der Waals surface area contributed by atoms with Gasteiger partial charge in [0.2, 0.25) is 11.8 Å². The van der Waals surface area contributed by atoms with Gasteiger partial charge in [0, 0.05) is 5.69 Å². The number of amides is 2. The van der Waals surface area contributed by atoms with Crippen LogP contribution in [0.1, 0.15) is 45.6 Å². The molecule has 0 saturated carbocycles. The zero-order valence-electron chi connectivity index (χ0n) is 13.2. The zero-order chi connectivity index (χ0) is 15.6. The van der Waals surface area contributed by atoms with Crippen molar-refractivity contribution in [3.63, 3.8) is 0 Å². The second-order valence-electron chi connectivity index (χ2n) is 6.42. The van der Waals surface area contributed by atoms with Gasteiger partial charge in [0.1, 0.15) is 12.6 Å². The molecule has 1 aliphatic rings. The molecule has 0 aliphatic carbocycles. The Bertz CT molecular complexity index is 537. The number of carbonyl (C=O) groups excluding carboxylic acids is 2. The van der Waals surface area contributed by atoms with E-state index in [1.807, 2.05) is 24.3 Å². The normalized spacial score (nSPS) is 19.3. The average Bonchev–Trinajstić information content (AvgIpc) is 2.42. The predicted molar refractivity (Wildman–Crippen MR) is 84.3 cm³/mol. The van der Waals surface area contributed by atoms with Crippen molar-refractivity contribution in [3.05, 3.63) is 29.8 Å². The molecule has 1 N–H and O–H groups in total. The summed E-state index contributed by atoms with van der Waals surface area (Å²) in [4.78, 5) is 26.1. The van der Waals surface area contributed by atoms with Crippen molar-refractivity contribution in [1.82, 2.24) is 5.32 Å². The topological polar surface area (TPSA) is 49.4 Å². The Balaban J connectivity index is 2.27. The Hall–Kier alpha value is -1.84. The lowest BCUT2D eigenvalue weighted by Gasteiger charge is -2.33. The van der Waals surface area contributed by atoms with Crippen LogP contribution < -0.4 is 10.2 Å². The SMILES string of the molecule is CC(C)CC1NC(=O)CN(c2cccc(C(C)C)c2)C1=O. The third kappa shape index (κ3) is 3.63. The second kappa shape index (κ2) is 6.29. The monoisotopic (exact) mass is 288 g/mol. The van der Waals surface area contributed by atoms with Gasteiger partial charge in [0.05, 0.1) is 0 Å². The molecule has 0 aromatic heterocycles. The van der Waals surface area contributed by atoms with Gasteiger partial charge < -0.3 is 10.2 Å². The summed E-state index contributed by atoms with van der Waals surface area (Å²) in [5.74, 6) is 0.658. The Morgan fingerprint density at radius 1 is 1.24 bits per heavy atom. The van der Waals surface area contributed by atoms with E-state index in [0.717, 1.165) is 5.69 Å². The van der Waals surface area contributed by atoms with E-state index in [1.165, 1.54) is 5.56 Å². The summed E-state index contributed by atoms with van der Waals surface area (Å²) in [7, 11) is 0. The molecule has 1 atom stereocenters. The first-order chi connectivity index (χ1) is 9.88. The fourth-order valence-corrected chi connectivity index (χ4v) is 2.61. The van der Waals surface area contributed by atoms with Crippen molar-refractivity contribution in [3.8, 4) is 0 Å². The molecule has 1 unspecified atom stereocenters. The first kappa shape index (κ1) is 15.5. The van der Waals surface area contributed by atoms with Gasteiger partial charge in [-0.25, -0.2) is 0 Å². The number of rotatable bonds is 4. The van der Waals surface area contributed by atoms with Gasteiger partial charge in [0.25, 0.3) is 0 Å². The van der Waals surface area contributed by atoms with Crippen LogP contribution in [0.2, 0.25) is 0 Å². The summed E-state index contributed by atoms with van der Waals surface area (Å²) < 4.78 is 0. The van der Waals surface area contributed by atoms with Crippen molar-refractivity contribution in [2.45, 2.75) is 46.1 Å². The minimum Gasteiger partial charge on any atom is -0.343 e. The number of hydrogen-bond acceptors (Lipinski definition) is 2. The van der Waals surface area contributed by atoms with Gasteiger partial charge in [0.15, 0.2) is 0 Å². The summed E-state index contributed by atoms with van der Waals surface area (Å²) in [5.41, 5.74) is 1.99. The molecule has 2 rings (SSSR count). The Kier molecular flexibility index (Phi) is 4.66. The summed E-state index contributed by atoms with van der Waals surface area (Å²) in [6.07, 6.45) is 0.672. The molecule has 0 bridgehead atoms. The van der Waals surface area contributed by atoms with Crippen LogP contribution in [0.5, 0.6) is 0 Å². The fraction of sp³-hybridized carbons (Fsp3) is 0.529. The number of carbonyl (C=O) groups is 2. The summed E-state index contributed by atoms with van der Waals surface area (Å²) in [6.45, 7) is 8.45. The van der Waals surface area contributed by atoms with Crippen molar-refractivity contribution in [1.29, 1.82) is 0 Å². The number of piperazine rings is 1. The second-order valence-corrected chi connectivity index (χ2v) is 6.42. The van der Waals surface area contributed by atoms with Gasteiger partial charge >= 0.3 is 0 Å². The van der Waals surface area contributed by atoms with E-state index in [9.17, 15) is 9.59 Å². The molecule has 2 amide bonds.